The normalized spacial score (nSPS) is 10.4. The molecule has 0 N–H and O–H groups in total. The molecule has 0 heterocycles. The van der Waals surface area contributed by atoms with E-state index in [0.29, 0.717) is 5.02 Å². The number of ether oxygens (including phenoxy) is 1. The van der Waals surface area contributed by atoms with Crippen molar-refractivity contribution in [1.29, 1.82) is 0 Å². The fourth-order valence-electron chi connectivity index (χ4n) is 1.68. The van der Waals surface area contributed by atoms with Gasteiger partial charge < -0.3 is 4.74 Å². The Balaban J connectivity index is 2.31. The molecule has 2 unspecified atom stereocenters. The molecule has 0 aromatic heterocycles. The molecule has 0 radical (unpaired) electrons. The van der Waals surface area contributed by atoms with E-state index in [1.165, 1.54) is 5.56 Å². The van der Waals surface area contributed by atoms with Gasteiger partial charge in [-0.1, -0.05) is 18.5 Å². The Bertz CT molecular complexity index is 529. The van der Waals surface area contributed by atoms with Crippen molar-refractivity contribution in [1.82, 2.24) is 0 Å². The fourth-order valence-corrected chi connectivity index (χ4v) is 2.85. The molecule has 2 rings (SSSR count). The van der Waals surface area contributed by atoms with Gasteiger partial charge in [0.1, 0.15) is 11.5 Å². The van der Waals surface area contributed by atoms with E-state index in [9.17, 15) is 0 Å². The monoisotopic (exact) mass is 296 g/mol. The van der Waals surface area contributed by atoms with E-state index in [4.69, 9.17) is 16.3 Å². The maximum Gasteiger partial charge on any atom is 0.141 e. The summed E-state index contributed by atoms with van der Waals surface area (Å²) in [5, 5.41) is 2.84. The van der Waals surface area contributed by atoms with Gasteiger partial charge >= 0.3 is 0 Å². The molecular formula is C14H15ClOP2. The molecular weight excluding hydrogens is 282 g/mol. The first-order chi connectivity index (χ1) is 8.60. The summed E-state index contributed by atoms with van der Waals surface area (Å²) < 4.78 is 5.89. The van der Waals surface area contributed by atoms with Crippen LogP contribution in [0, 0.1) is 0 Å². The van der Waals surface area contributed by atoms with Crippen molar-refractivity contribution in [2.45, 2.75) is 13.3 Å². The third-order valence-electron chi connectivity index (χ3n) is 2.65. The highest BCUT2D eigenvalue weighted by atomic mass is 35.5. The molecule has 1 nitrogen and oxygen atoms in total. The first-order valence-corrected chi connectivity index (χ1v) is 7.24. The number of hydrogen-bond acceptors (Lipinski definition) is 1. The van der Waals surface area contributed by atoms with Crippen molar-refractivity contribution >= 4 is 40.7 Å². The lowest BCUT2D eigenvalue weighted by atomic mass is 10.1. The highest BCUT2D eigenvalue weighted by Gasteiger charge is 2.07. The molecule has 2 atom stereocenters. The third-order valence-corrected chi connectivity index (χ3v) is 3.76. The van der Waals surface area contributed by atoms with Gasteiger partial charge in [0.05, 0.1) is 0 Å². The predicted octanol–water partition coefficient (Wildman–Crippen LogP) is 3.70. The number of benzene rings is 2. The van der Waals surface area contributed by atoms with Gasteiger partial charge in [-0.25, -0.2) is 0 Å². The van der Waals surface area contributed by atoms with E-state index in [1.54, 1.807) is 0 Å². The van der Waals surface area contributed by atoms with E-state index >= 15 is 0 Å². The zero-order chi connectivity index (χ0) is 13.1. The SMILES string of the molecule is CCc1cc(P)c(Oc2ccc(Cl)cc2)c(P)c1. The molecule has 0 amide bonds. The molecule has 0 aliphatic carbocycles. The van der Waals surface area contributed by atoms with Gasteiger partial charge in [0.2, 0.25) is 0 Å². The van der Waals surface area contributed by atoms with Crippen LogP contribution in [0.1, 0.15) is 12.5 Å². The smallest absolute Gasteiger partial charge is 0.141 e. The lowest BCUT2D eigenvalue weighted by Crippen LogP contribution is -2.10. The highest BCUT2D eigenvalue weighted by Crippen LogP contribution is 2.23. The second-order valence-electron chi connectivity index (χ2n) is 4.01. The summed E-state index contributed by atoms with van der Waals surface area (Å²) in [7, 11) is 5.45. The van der Waals surface area contributed by atoms with Crippen molar-refractivity contribution in [3.05, 3.63) is 47.0 Å². The maximum atomic E-state index is 5.89. The maximum absolute atomic E-state index is 5.89. The number of rotatable bonds is 3. The third kappa shape index (κ3) is 3.23. The predicted molar refractivity (Wildman–Crippen MR) is 86.0 cm³/mol. The number of hydrogen-bond donors (Lipinski definition) is 0. The van der Waals surface area contributed by atoms with E-state index < -0.39 is 0 Å². The number of aryl methyl sites for hydroxylation is 1. The van der Waals surface area contributed by atoms with E-state index in [1.807, 2.05) is 24.3 Å². The van der Waals surface area contributed by atoms with Crippen LogP contribution in [-0.4, -0.2) is 0 Å². The van der Waals surface area contributed by atoms with Crippen LogP contribution in [0.3, 0.4) is 0 Å². The molecule has 94 valence electrons. The molecule has 18 heavy (non-hydrogen) atoms. The highest BCUT2D eigenvalue weighted by molar-refractivity contribution is 7.30. The molecule has 0 saturated heterocycles. The van der Waals surface area contributed by atoms with Crippen LogP contribution < -0.4 is 15.3 Å². The van der Waals surface area contributed by atoms with Gasteiger partial charge in [-0.15, -0.1) is 18.5 Å². The Morgan fingerprint density at radius 2 is 1.61 bits per heavy atom. The largest absolute Gasteiger partial charge is 0.456 e. The summed E-state index contributed by atoms with van der Waals surface area (Å²) in [6.45, 7) is 2.14. The van der Waals surface area contributed by atoms with Gasteiger partial charge in [0.25, 0.3) is 0 Å². The topological polar surface area (TPSA) is 9.23 Å². The van der Waals surface area contributed by atoms with Gasteiger partial charge in [0.15, 0.2) is 0 Å². The van der Waals surface area contributed by atoms with Crippen molar-refractivity contribution in [2.75, 3.05) is 0 Å². The molecule has 0 bridgehead atoms. The average Bonchev–Trinajstić information content (AvgIpc) is 2.35. The van der Waals surface area contributed by atoms with Crippen molar-refractivity contribution < 1.29 is 4.74 Å². The second-order valence-corrected chi connectivity index (χ2v) is 5.69. The van der Waals surface area contributed by atoms with Crippen LogP contribution in [0.5, 0.6) is 11.5 Å². The van der Waals surface area contributed by atoms with Crippen molar-refractivity contribution in [3.63, 3.8) is 0 Å². The Labute approximate surface area is 117 Å². The van der Waals surface area contributed by atoms with Crippen LogP contribution in [0.25, 0.3) is 0 Å². The van der Waals surface area contributed by atoms with Crippen molar-refractivity contribution in [2.24, 2.45) is 0 Å². The zero-order valence-electron chi connectivity index (χ0n) is 10.1. The summed E-state index contributed by atoms with van der Waals surface area (Å²) >= 11 is 5.85. The molecule has 2 aromatic rings. The fraction of sp³-hybridized carbons (Fsp3) is 0.143. The summed E-state index contributed by atoms with van der Waals surface area (Å²) in [5.41, 5.74) is 1.30. The van der Waals surface area contributed by atoms with Gasteiger partial charge in [-0.2, -0.15) is 0 Å². The lowest BCUT2D eigenvalue weighted by Gasteiger charge is -2.13. The molecule has 0 spiro atoms. The molecule has 0 aliphatic rings. The molecule has 0 fully saturated rings. The Kier molecular flexibility index (Phi) is 4.62. The van der Waals surface area contributed by atoms with E-state index in [0.717, 1.165) is 28.5 Å². The van der Waals surface area contributed by atoms with Gasteiger partial charge in [0, 0.05) is 15.6 Å². The molecule has 2 aromatic carbocycles. The summed E-state index contributed by atoms with van der Waals surface area (Å²) in [4.78, 5) is 0. The zero-order valence-corrected chi connectivity index (χ0v) is 13.2. The summed E-state index contributed by atoms with van der Waals surface area (Å²) in [5.74, 6) is 1.65. The average molecular weight is 297 g/mol. The van der Waals surface area contributed by atoms with Crippen LogP contribution in [0.15, 0.2) is 36.4 Å². The van der Waals surface area contributed by atoms with Crippen LogP contribution in [-0.2, 0) is 6.42 Å². The van der Waals surface area contributed by atoms with Crippen LogP contribution in [0.2, 0.25) is 5.02 Å². The Morgan fingerprint density at radius 3 is 2.11 bits per heavy atom. The Hall–Kier alpha value is -0.610. The molecule has 0 saturated carbocycles. The summed E-state index contributed by atoms with van der Waals surface area (Å²) in [6.07, 6.45) is 1.02. The first kappa shape index (κ1) is 13.8. The standard InChI is InChI=1S/C14H15ClOP2/c1-2-9-7-12(17)14(13(18)8-9)16-11-5-3-10(15)4-6-11/h3-8H,2,17-18H2,1H3. The van der Waals surface area contributed by atoms with Gasteiger partial charge in [-0.05, 0) is 48.4 Å². The minimum Gasteiger partial charge on any atom is -0.456 e. The summed E-state index contributed by atoms with van der Waals surface area (Å²) in [6, 6.07) is 11.6. The number of halogens is 1. The molecule has 4 heteroatoms. The van der Waals surface area contributed by atoms with E-state index in [-0.39, 0.29) is 0 Å². The first-order valence-electron chi connectivity index (χ1n) is 5.71. The van der Waals surface area contributed by atoms with Gasteiger partial charge in [-0.3, -0.25) is 0 Å². The minimum absolute atomic E-state index is 0.709. The minimum atomic E-state index is 0.709. The quantitative estimate of drug-likeness (QED) is 0.785. The second kappa shape index (κ2) is 6.02. The van der Waals surface area contributed by atoms with Crippen LogP contribution >= 0.6 is 30.1 Å². The Morgan fingerprint density at radius 1 is 1.06 bits per heavy atom. The van der Waals surface area contributed by atoms with Crippen LogP contribution in [0.4, 0.5) is 0 Å². The van der Waals surface area contributed by atoms with Crippen molar-refractivity contribution in [3.8, 4) is 11.5 Å². The van der Waals surface area contributed by atoms with E-state index in [2.05, 4.69) is 37.5 Å². The lowest BCUT2D eigenvalue weighted by molar-refractivity contribution is 0.490. The molecule has 0 aliphatic heterocycles.